The number of benzene rings is 2. The van der Waals surface area contributed by atoms with Crippen molar-refractivity contribution in [2.45, 2.75) is 77.0 Å². The molecule has 1 amide bonds. The number of piperidine rings is 1. The predicted molar refractivity (Wildman–Crippen MR) is 129 cm³/mol. The third-order valence-electron chi connectivity index (χ3n) is 6.38. The molecule has 0 aromatic heterocycles. The molecular weight excluding hydrogens is 398 g/mol. The Bertz CT molecular complexity index is 914. The number of ether oxygens (including phenoxy) is 1. The van der Waals surface area contributed by atoms with Gasteiger partial charge in [0.05, 0.1) is 0 Å². The molecule has 32 heavy (non-hydrogen) atoms. The van der Waals surface area contributed by atoms with Crippen molar-refractivity contribution in [2.24, 2.45) is 0 Å². The predicted octanol–water partition coefficient (Wildman–Crippen LogP) is 5.11. The second-order valence-corrected chi connectivity index (χ2v) is 10.7. The summed E-state index contributed by atoms with van der Waals surface area (Å²) in [5, 5.41) is 6.89. The van der Waals surface area contributed by atoms with Crippen molar-refractivity contribution < 1.29 is 9.53 Å². The van der Waals surface area contributed by atoms with Crippen LogP contribution < -0.4 is 15.4 Å². The summed E-state index contributed by atoms with van der Waals surface area (Å²) in [5.74, 6) is 1.55. The van der Waals surface area contributed by atoms with Crippen molar-refractivity contribution in [2.75, 3.05) is 13.1 Å². The zero-order valence-electron chi connectivity index (χ0n) is 19.9. The topological polar surface area (TPSA) is 53.6 Å². The molecule has 2 heterocycles. The van der Waals surface area contributed by atoms with Gasteiger partial charge in [-0.15, -0.1) is 0 Å². The Labute approximate surface area is 192 Å². The van der Waals surface area contributed by atoms with Gasteiger partial charge in [-0.05, 0) is 108 Å². The second kappa shape index (κ2) is 9.24. The van der Waals surface area contributed by atoms with Crippen molar-refractivity contribution >= 4 is 5.91 Å². The average molecular weight is 436 g/mol. The molecular formula is C27H37N3O2. The summed E-state index contributed by atoms with van der Waals surface area (Å²) in [6, 6.07) is 15.9. The first-order valence-corrected chi connectivity index (χ1v) is 11.9. The summed E-state index contributed by atoms with van der Waals surface area (Å²) in [7, 11) is 0. The molecule has 2 aromatic rings. The highest BCUT2D eigenvalue weighted by atomic mass is 16.5. The maximum Gasteiger partial charge on any atom is 0.251 e. The monoisotopic (exact) mass is 435 g/mol. The number of hydrogen-bond acceptors (Lipinski definition) is 4. The van der Waals surface area contributed by atoms with E-state index in [-0.39, 0.29) is 23.0 Å². The molecule has 2 N–H and O–H groups in total. The van der Waals surface area contributed by atoms with Crippen molar-refractivity contribution in [3.8, 4) is 11.5 Å². The van der Waals surface area contributed by atoms with Gasteiger partial charge in [0.1, 0.15) is 11.5 Å². The Hall–Kier alpha value is -2.37. The summed E-state index contributed by atoms with van der Waals surface area (Å²) in [5.41, 5.74) is 1.93. The Morgan fingerprint density at radius 3 is 2.31 bits per heavy atom. The van der Waals surface area contributed by atoms with E-state index in [1.807, 2.05) is 36.4 Å². The molecule has 0 atom stereocenters. The fourth-order valence-corrected chi connectivity index (χ4v) is 5.41. The van der Waals surface area contributed by atoms with E-state index >= 15 is 0 Å². The van der Waals surface area contributed by atoms with E-state index in [9.17, 15) is 4.79 Å². The zero-order valence-corrected chi connectivity index (χ0v) is 19.9. The highest BCUT2D eigenvalue weighted by molar-refractivity contribution is 5.94. The van der Waals surface area contributed by atoms with Crippen molar-refractivity contribution in [1.82, 2.24) is 15.5 Å². The molecule has 0 bridgehead atoms. The molecule has 5 nitrogen and oxygen atoms in total. The maximum absolute atomic E-state index is 12.8. The van der Waals surface area contributed by atoms with Crippen LogP contribution in [0, 0.1) is 0 Å². The molecule has 2 aliphatic rings. The summed E-state index contributed by atoms with van der Waals surface area (Å²) < 4.78 is 6.06. The first-order valence-electron chi connectivity index (χ1n) is 11.9. The first-order chi connectivity index (χ1) is 15.2. The summed E-state index contributed by atoms with van der Waals surface area (Å²) in [4.78, 5) is 15.3. The van der Waals surface area contributed by atoms with Crippen LogP contribution in [0.3, 0.4) is 0 Å². The van der Waals surface area contributed by atoms with E-state index in [4.69, 9.17) is 4.74 Å². The number of carbonyl (C=O) groups excluding carboxylic acids is 1. The van der Waals surface area contributed by atoms with Crippen LogP contribution in [-0.2, 0) is 6.54 Å². The minimum absolute atomic E-state index is 0.000702. The number of nitrogens with one attached hydrogen (secondary N) is 2. The first kappa shape index (κ1) is 22.8. The fourth-order valence-electron chi connectivity index (χ4n) is 5.41. The quantitative estimate of drug-likeness (QED) is 0.662. The van der Waals surface area contributed by atoms with Crippen LogP contribution >= 0.6 is 0 Å². The van der Waals surface area contributed by atoms with Crippen LogP contribution in [0.4, 0.5) is 0 Å². The minimum atomic E-state index is -0.0253. The largest absolute Gasteiger partial charge is 0.457 e. The highest BCUT2D eigenvalue weighted by Gasteiger charge is 2.38. The lowest BCUT2D eigenvalue weighted by Gasteiger charge is -2.46. The minimum Gasteiger partial charge on any atom is -0.457 e. The lowest BCUT2D eigenvalue weighted by molar-refractivity contribution is 0.0873. The third-order valence-corrected chi connectivity index (χ3v) is 6.38. The molecule has 172 valence electrons. The van der Waals surface area contributed by atoms with Gasteiger partial charge in [0.25, 0.3) is 5.91 Å². The van der Waals surface area contributed by atoms with Crippen LogP contribution in [0.15, 0.2) is 48.5 Å². The Balaban J connectivity index is 1.35. The molecule has 4 rings (SSSR count). The molecule has 2 aliphatic heterocycles. The molecule has 0 radical (unpaired) electrons. The number of likely N-dealkylation sites (tertiary alicyclic amines) is 1. The van der Waals surface area contributed by atoms with Gasteiger partial charge < -0.3 is 15.4 Å². The van der Waals surface area contributed by atoms with E-state index in [2.05, 4.69) is 55.4 Å². The summed E-state index contributed by atoms with van der Waals surface area (Å²) in [6.45, 7) is 12.1. The molecule has 2 aromatic carbocycles. The van der Waals surface area contributed by atoms with E-state index in [0.717, 1.165) is 30.9 Å². The van der Waals surface area contributed by atoms with Crippen LogP contribution in [-0.4, -0.2) is 41.0 Å². The van der Waals surface area contributed by atoms with Crippen molar-refractivity contribution in [3.63, 3.8) is 0 Å². The van der Waals surface area contributed by atoms with E-state index in [1.54, 1.807) is 0 Å². The van der Waals surface area contributed by atoms with Gasteiger partial charge in [-0.1, -0.05) is 12.1 Å². The number of nitrogens with zero attached hydrogens (tertiary/aromatic N) is 1. The smallest absolute Gasteiger partial charge is 0.251 e. The average Bonchev–Trinajstić information content (AvgIpc) is 3.19. The van der Waals surface area contributed by atoms with Gasteiger partial charge in [-0.2, -0.15) is 0 Å². The lowest BCUT2D eigenvalue weighted by atomic mass is 9.79. The SMILES string of the molecule is CC1(C)CC(NC(=O)c2ccc(Oc3cccc(CN4CCCC4)c3)cc2)CC(C)(C)N1. The lowest BCUT2D eigenvalue weighted by Crippen LogP contribution is -2.62. The highest BCUT2D eigenvalue weighted by Crippen LogP contribution is 2.29. The molecule has 0 saturated carbocycles. The molecule has 0 aliphatic carbocycles. The van der Waals surface area contributed by atoms with Gasteiger partial charge in [-0.25, -0.2) is 0 Å². The van der Waals surface area contributed by atoms with E-state index in [0.29, 0.717) is 5.56 Å². The molecule has 2 saturated heterocycles. The van der Waals surface area contributed by atoms with Gasteiger partial charge >= 0.3 is 0 Å². The standard InChI is InChI=1S/C27H37N3O2/c1-26(2)17-22(18-27(3,4)29-26)28-25(31)21-10-12-23(13-11-21)32-24-9-7-8-20(16-24)19-30-14-5-6-15-30/h7-13,16,22,29H,5-6,14-15,17-19H2,1-4H3,(H,28,31). The van der Waals surface area contributed by atoms with Crippen LogP contribution in [0.2, 0.25) is 0 Å². The fraction of sp³-hybridized carbons (Fsp3) is 0.519. The van der Waals surface area contributed by atoms with Gasteiger partial charge in [0, 0.05) is 29.2 Å². The third kappa shape index (κ3) is 6.11. The van der Waals surface area contributed by atoms with Gasteiger partial charge in [0.15, 0.2) is 0 Å². The molecule has 5 heteroatoms. The Morgan fingerprint density at radius 1 is 1.00 bits per heavy atom. The van der Waals surface area contributed by atoms with Crippen molar-refractivity contribution in [1.29, 1.82) is 0 Å². The zero-order chi connectivity index (χ0) is 22.8. The summed E-state index contributed by atoms with van der Waals surface area (Å²) >= 11 is 0. The maximum atomic E-state index is 12.8. The Morgan fingerprint density at radius 2 is 1.66 bits per heavy atom. The Kier molecular flexibility index (Phi) is 6.59. The van der Waals surface area contributed by atoms with Crippen LogP contribution in [0.1, 0.15) is 69.3 Å². The van der Waals surface area contributed by atoms with Gasteiger partial charge in [0.2, 0.25) is 0 Å². The molecule has 2 fully saturated rings. The number of amides is 1. The van der Waals surface area contributed by atoms with Crippen molar-refractivity contribution in [3.05, 3.63) is 59.7 Å². The number of hydrogen-bond donors (Lipinski definition) is 2. The summed E-state index contributed by atoms with van der Waals surface area (Å²) in [6.07, 6.45) is 4.42. The molecule has 0 unspecified atom stereocenters. The number of rotatable bonds is 6. The van der Waals surface area contributed by atoms with Gasteiger partial charge in [-0.3, -0.25) is 9.69 Å². The number of carbonyl (C=O) groups is 1. The van der Waals surface area contributed by atoms with E-state index < -0.39 is 0 Å². The molecule has 0 spiro atoms. The van der Waals surface area contributed by atoms with E-state index in [1.165, 1.54) is 31.5 Å². The van der Waals surface area contributed by atoms with Crippen LogP contribution in [0.25, 0.3) is 0 Å². The second-order valence-electron chi connectivity index (χ2n) is 10.7. The van der Waals surface area contributed by atoms with Crippen LogP contribution in [0.5, 0.6) is 11.5 Å². The normalized spacial score (nSPS) is 20.8.